The van der Waals surface area contributed by atoms with E-state index >= 15 is 0 Å². The molecule has 0 spiro atoms. The molecule has 2 N–H and O–H groups in total. The Kier molecular flexibility index (Phi) is 6.84. The lowest BCUT2D eigenvalue weighted by molar-refractivity contribution is -0.113. The van der Waals surface area contributed by atoms with Crippen LogP contribution in [0.15, 0.2) is 52.9 Å². The van der Waals surface area contributed by atoms with E-state index in [4.69, 9.17) is 0 Å². The minimum atomic E-state index is -0.0517. The zero-order chi connectivity index (χ0) is 19.1. The highest BCUT2D eigenvalue weighted by atomic mass is 32.2. The molecule has 0 aliphatic heterocycles. The number of hydrogen-bond donors (Lipinski definition) is 2. The normalized spacial score (nSPS) is 10.6. The number of carbonyl (C=O) groups is 1. The Morgan fingerprint density at radius 3 is 2.11 bits per heavy atom. The molecule has 0 fully saturated rings. The number of anilines is 3. The van der Waals surface area contributed by atoms with E-state index in [2.05, 4.69) is 46.8 Å². The Morgan fingerprint density at radius 2 is 1.52 bits per heavy atom. The molecule has 0 saturated heterocycles. The van der Waals surface area contributed by atoms with Crippen LogP contribution in [0.1, 0.15) is 25.0 Å². The first-order valence-corrected chi connectivity index (χ1v) is 10.7. The average molecular weight is 399 g/mol. The quantitative estimate of drug-likeness (QED) is 0.515. The van der Waals surface area contributed by atoms with Gasteiger partial charge in [-0.15, -0.1) is 10.2 Å². The number of nitrogens with one attached hydrogen (secondary N) is 2. The van der Waals surface area contributed by atoms with E-state index in [9.17, 15) is 4.79 Å². The highest BCUT2D eigenvalue weighted by Gasteiger charge is 2.09. The maximum absolute atomic E-state index is 12.1. The van der Waals surface area contributed by atoms with Crippen LogP contribution < -0.4 is 10.6 Å². The fourth-order valence-electron chi connectivity index (χ4n) is 2.41. The molecular formula is C20H22N4OS2. The van der Waals surface area contributed by atoms with E-state index < -0.39 is 0 Å². The van der Waals surface area contributed by atoms with Crippen LogP contribution in [0.4, 0.5) is 16.5 Å². The van der Waals surface area contributed by atoms with E-state index in [1.54, 1.807) is 0 Å². The lowest BCUT2D eigenvalue weighted by atomic mass is 10.1. The summed E-state index contributed by atoms with van der Waals surface area (Å²) in [7, 11) is 0. The van der Waals surface area contributed by atoms with E-state index in [1.165, 1.54) is 34.2 Å². The number of aromatic nitrogens is 2. The molecule has 1 heterocycles. The zero-order valence-electron chi connectivity index (χ0n) is 15.4. The van der Waals surface area contributed by atoms with Crippen molar-refractivity contribution < 1.29 is 4.79 Å². The van der Waals surface area contributed by atoms with Gasteiger partial charge >= 0.3 is 0 Å². The molecule has 3 aromatic rings. The molecule has 7 heteroatoms. The number of hydrogen-bond acceptors (Lipinski definition) is 6. The summed E-state index contributed by atoms with van der Waals surface area (Å²) in [5, 5.41) is 15.1. The van der Waals surface area contributed by atoms with Crippen molar-refractivity contribution in [3.8, 4) is 0 Å². The third-order valence-corrected chi connectivity index (χ3v) is 5.96. The predicted octanol–water partition coefficient (Wildman–Crippen LogP) is 5.14. The molecule has 1 amide bonds. The van der Waals surface area contributed by atoms with Crippen molar-refractivity contribution in [2.45, 2.75) is 31.0 Å². The van der Waals surface area contributed by atoms with Crippen LogP contribution >= 0.6 is 23.1 Å². The van der Waals surface area contributed by atoms with Crippen molar-refractivity contribution in [1.29, 1.82) is 0 Å². The molecule has 140 valence electrons. The smallest absolute Gasteiger partial charge is 0.234 e. The Morgan fingerprint density at radius 1 is 0.926 bits per heavy atom. The van der Waals surface area contributed by atoms with E-state index in [0.717, 1.165) is 33.7 Å². The molecule has 3 rings (SSSR count). The molecule has 5 nitrogen and oxygen atoms in total. The molecule has 0 aliphatic rings. The summed E-state index contributed by atoms with van der Waals surface area (Å²) in [6.45, 7) is 4.24. The predicted molar refractivity (Wildman–Crippen MR) is 114 cm³/mol. The SMILES string of the molecule is CCc1ccc(NC(=O)CSc2nnc(Nc3ccc(CC)cc3)s2)cc1. The summed E-state index contributed by atoms with van der Waals surface area (Å²) >= 11 is 2.83. The molecular weight excluding hydrogens is 376 g/mol. The van der Waals surface area contributed by atoms with Crippen molar-refractivity contribution >= 4 is 45.5 Å². The number of nitrogens with zero attached hydrogens (tertiary/aromatic N) is 2. The number of rotatable bonds is 8. The van der Waals surface area contributed by atoms with Gasteiger partial charge in [-0.1, -0.05) is 61.2 Å². The Bertz CT molecular complexity index is 876. The summed E-state index contributed by atoms with van der Waals surface area (Å²) in [5.74, 6) is 0.249. The Labute approximate surface area is 167 Å². The number of carbonyl (C=O) groups excluding carboxylic acids is 1. The first-order chi connectivity index (χ1) is 13.2. The van der Waals surface area contributed by atoms with E-state index in [-0.39, 0.29) is 5.91 Å². The number of amides is 1. The second-order valence-electron chi connectivity index (χ2n) is 5.94. The van der Waals surface area contributed by atoms with Gasteiger partial charge in [-0.05, 0) is 48.2 Å². The lowest BCUT2D eigenvalue weighted by Gasteiger charge is -2.05. The van der Waals surface area contributed by atoms with Crippen molar-refractivity contribution in [2.75, 3.05) is 16.4 Å². The van der Waals surface area contributed by atoms with Crippen LogP contribution in [-0.2, 0) is 17.6 Å². The first kappa shape index (κ1) is 19.4. The fourth-order valence-corrected chi connectivity index (χ4v) is 3.99. The minimum Gasteiger partial charge on any atom is -0.330 e. The van der Waals surface area contributed by atoms with Gasteiger partial charge in [-0.2, -0.15) is 0 Å². The van der Waals surface area contributed by atoms with Gasteiger partial charge in [0, 0.05) is 11.4 Å². The van der Waals surface area contributed by atoms with Crippen molar-refractivity contribution in [3.05, 3.63) is 59.7 Å². The highest BCUT2D eigenvalue weighted by Crippen LogP contribution is 2.28. The zero-order valence-corrected chi connectivity index (χ0v) is 17.0. The third kappa shape index (κ3) is 5.80. The van der Waals surface area contributed by atoms with Crippen LogP contribution in [0.3, 0.4) is 0 Å². The van der Waals surface area contributed by atoms with Crippen LogP contribution in [-0.4, -0.2) is 21.9 Å². The van der Waals surface area contributed by atoms with Crippen LogP contribution in [0.5, 0.6) is 0 Å². The monoisotopic (exact) mass is 398 g/mol. The van der Waals surface area contributed by atoms with Gasteiger partial charge in [0.05, 0.1) is 5.75 Å². The summed E-state index contributed by atoms with van der Waals surface area (Å²) in [4.78, 5) is 12.1. The molecule has 0 bridgehead atoms. The molecule has 0 aliphatic carbocycles. The molecule has 1 aromatic heterocycles. The van der Waals surface area contributed by atoms with Gasteiger partial charge in [-0.25, -0.2) is 0 Å². The average Bonchev–Trinajstić information content (AvgIpc) is 3.15. The molecule has 2 aromatic carbocycles. The van der Waals surface area contributed by atoms with Crippen molar-refractivity contribution in [3.63, 3.8) is 0 Å². The van der Waals surface area contributed by atoms with Crippen LogP contribution in [0.2, 0.25) is 0 Å². The molecule has 0 saturated carbocycles. The highest BCUT2D eigenvalue weighted by molar-refractivity contribution is 8.01. The summed E-state index contributed by atoms with van der Waals surface area (Å²) in [6.07, 6.45) is 2.00. The second kappa shape index (κ2) is 9.53. The van der Waals surface area contributed by atoms with E-state index in [0.29, 0.717) is 5.75 Å². The van der Waals surface area contributed by atoms with Crippen molar-refractivity contribution in [1.82, 2.24) is 10.2 Å². The topological polar surface area (TPSA) is 66.9 Å². The second-order valence-corrected chi connectivity index (χ2v) is 8.14. The Hall–Kier alpha value is -2.38. The van der Waals surface area contributed by atoms with Gasteiger partial charge in [0.2, 0.25) is 11.0 Å². The number of benzene rings is 2. The molecule has 0 radical (unpaired) electrons. The number of aryl methyl sites for hydroxylation is 2. The summed E-state index contributed by atoms with van der Waals surface area (Å²) < 4.78 is 0.763. The van der Waals surface area contributed by atoms with Gasteiger partial charge in [0.15, 0.2) is 4.34 Å². The van der Waals surface area contributed by atoms with Crippen molar-refractivity contribution in [2.24, 2.45) is 0 Å². The largest absolute Gasteiger partial charge is 0.330 e. The molecule has 0 atom stereocenters. The minimum absolute atomic E-state index is 0.0517. The van der Waals surface area contributed by atoms with Gasteiger partial charge in [0.25, 0.3) is 0 Å². The van der Waals surface area contributed by atoms with E-state index in [1.807, 2.05) is 36.4 Å². The van der Waals surface area contributed by atoms with Gasteiger partial charge in [0.1, 0.15) is 0 Å². The fraction of sp³-hybridized carbons (Fsp3) is 0.250. The Balaban J connectivity index is 1.48. The maximum Gasteiger partial charge on any atom is 0.234 e. The van der Waals surface area contributed by atoms with Gasteiger partial charge < -0.3 is 10.6 Å². The summed E-state index contributed by atoms with van der Waals surface area (Å²) in [5.41, 5.74) is 4.34. The van der Waals surface area contributed by atoms with Gasteiger partial charge in [-0.3, -0.25) is 4.79 Å². The van der Waals surface area contributed by atoms with Crippen LogP contribution in [0, 0.1) is 0 Å². The number of thioether (sulfide) groups is 1. The first-order valence-electron chi connectivity index (χ1n) is 8.87. The third-order valence-electron chi connectivity index (χ3n) is 3.99. The molecule has 27 heavy (non-hydrogen) atoms. The lowest BCUT2D eigenvalue weighted by Crippen LogP contribution is -2.13. The molecule has 0 unspecified atom stereocenters. The maximum atomic E-state index is 12.1. The standard InChI is InChI=1S/C20H22N4OS2/c1-3-14-5-9-16(10-6-14)21-18(25)13-26-20-24-23-19(27-20)22-17-11-7-15(4-2)8-12-17/h5-12H,3-4,13H2,1-2H3,(H,21,25)(H,22,23). The van der Waals surface area contributed by atoms with Crippen LogP contribution in [0.25, 0.3) is 0 Å². The summed E-state index contributed by atoms with van der Waals surface area (Å²) in [6, 6.07) is 16.2.